The van der Waals surface area contributed by atoms with E-state index < -0.39 is 0 Å². The Hall–Kier alpha value is -3.34. The number of aromatic nitrogens is 2. The fraction of sp³-hybridized carbons (Fsp3) is 0.250. The molecule has 2 aromatic carbocycles. The summed E-state index contributed by atoms with van der Waals surface area (Å²) < 4.78 is 7.26. The molecule has 5 nitrogen and oxygen atoms in total. The van der Waals surface area contributed by atoms with Gasteiger partial charge in [0.1, 0.15) is 18.1 Å². The van der Waals surface area contributed by atoms with Gasteiger partial charge in [0.2, 0.25) is 5.91 Å². The Balaban J connectivity index is 1.64. The molecule has 2 aromatic heterocycles. The van der Waals surface area contributed by atoms with E-state index in [-0.39, 0.29) is 17.9 Å². The summed E-state index contributed by atoms with van der Waals surface area (Å²) >= 11 is 0. The number of benzene rings is 2. The zero-order chi connectivity index (χ0) is 20.4. The molecule has 0 spiro atoms. The summed E-state index contributed by atoms with van der Waals surface area (Å²) in [7, 11) is 0. The number of nitrogens with zero attached hydrogens (tertiary/aromatic N) is 2. The third kappa shape index (κ3) is 4.09. The summed E-state index contributed by atoms with van der Waals surface area (Å²) in [4.78, 5) is 17.4. The van der Waals surface area contributed by atoms with Crippen LogP contribution in [0.4, 0.5) is 0 Å². The fourth-order valence-electron chi connectivity index (χ4n) is 3.37. The molecular weight excluding hydrogens is 362 g/mol. The maximum Gasteiger partial charge on any atom is 0.240 e. The quantitative estimate of drug-likeness (QED) is 0.529. The van der Waals surface area contributed by atoms with Crippen LogP contribution in [0.3, 0.4) is 0 Å². The van der Waals surface area contributed by atoms with Crippen LogP contribution in [0.1, 0.15) is 32.1 Å². The van der Waals surface area contributed by atoms with Gasteiger partial charge in [-0.3, -0.25) is 4.79 Å². The van der Waals surface area contributed by atoms with Crippen LogP contribution in [0.15, 0.2) is 71.3 Å². The van der Waals surface area contributed by atoms with Gasteiger partial charge >= 0.3 is 0 Å². The molecule has 2 heterocycles. The van der Waals surface area contributed by atoms with Crippen molar-refractivity contribution in [2.45, 2.75) is 39.3 Å². The normalized spacial score (nSPS) is 11.7. The minimum atomic E-state index is -0.0860. The van der Waals surface area contributed by atoms with Crippen molar-refractivity contribution in [1.82, 2.24) is 14.9 Å². The Kier molecular flexibility index (Phi) is 4.97. The fourth-order valence-corrected chi connectivity index (χ4v) is 3.37. The average molecular weight is 387 g/mol. The molecule has 0 fully saturated rings. The minimum Gasteiger partial charge on any atom is -0.467 e. The number of hydrogen-bond acceptors (Lipinski definition) is 3. The highest BCUT2D eigenvalue weighted by Gasteiger charge is 2.17. The molecule has 0 aliphatic carbocycles. The summed E-state index contributed by atoms with van der Waals surface area (Å²) in [6.07, 6.45) is 1.60. The highest BCUT2D eigenvalue weighted by Crippen LogP contribution is 2.28. The van der Waals surface area contributed by atoms with Crippen molar-refractivity contribution in [3.8, 4) is 11.4 Å². The first-order valence-electron chi connectivity index (χ1n) is 9.77. The molecule has 0 bridgehead atoms. The van der Waals surface area contributed by atoms with Gasteiger partial charge in [-0.1, -0.05) is 57.2 Å². The van der Waals surface area contributed by atoms with E-state index in [1.165, 1.54) is 5.56 Å². The number of para-hydroxylation sites is 2. The van der Waals surface area contributed by atoms with Crippen LogP contribution in [0.25, 0.3) is 22.4 Å². The highest BCUT2D eigenvalue weighted by molar-refractivity contribution is 5.84. The summed E-state index contributed by atoms with van der Waals surface area (Å²) in [5, 5.41) is 2.91. The molecule has 0 saturated heterocycles. The van der Waals surface area contributed by atoms with Crippen molar-refractivity contribution < 1.29 is 9.21 Å². The number of amides is 1. The van der Waals surface area contributed by atoms with Crippen LogP contribution < -0.4 is 5.32 Å². The predicted molar refractivity (Wildman–Crippen MR) is 114 cm³/mol. The van der Waals surface area contributed by atoms with E-state index in [4.69, 9.17) is 9.40 Å². The van der Waals surface area contributed by atoms with Gasteiger partial charge in [-0.05, 0) is 35.2 Å². The van der Waals surface area contributed by atoms with E-state index in [0.717, 1.165) is 28.2 Å². The van der Waals surface area contributed by atoms with Crippen molar-refractivity contribution in [2.75, 3.05) is 0 Å². The predicted octanol–water partition coefficient (Wildman–Crippen LogP) is 4.91. The second-order valence-corrected chi connectivity index (χ2v) is 8.19. The second-order valence-electron chi connectivity index (χ2n) is 8.19. The van der Waals surface area contributed by atoms with E-state index in [9.17, 15) is 4.79 Å². The molecular formula is C24H25N3O2. The lowest BCUT2D eigenvalue weighted by molar-refractivity contribution is -0.121. The molecule has 0 saturated carbocycles. The van der Waals surface area contributed by atoms with E-state index in [1.807, 2.05) is 41.0 Å². The number of hydrogen-bond donors (Lipinski definition) is 1. The lowest BCUT2D eigenvalue weighted by Crippen LogP contribution is -2.27. The van der Waals surface area contributed by atoms with Crippen molar-refractivity contribution in [3.63, 3.8) is 0 Å². The summed E-state index contributed by atoms with van der Waals surface area (Å²) in [6.45, 7) is 7.15. The molecule has 0 radical (unpaired) electrons. The van der Waals surface area contributed by atoms with E-state index >= 15 is 0 Å². The van der Waals surface area contributed by atoms with Crippen molar-refractivity contribution in [2.24, 2.45) is 0 Å². The molecule has 1 N–H and O–H groups in total. The van der Waals surface area contributed by atoms with Gasteiger partial charge in [0.15, 0.2) is 0 Å². The Bertz CT molecular complexity index is 1120. The Morgan fingerprint density at radius 3 is 2.48 bits per heavy atom. The maximum absolute atomic E-state index is 12.6. The van der Waals surface area contributed by atoms with Gasteiger partial charge in [0.05, 0.1) is 23.8 Å². The summed E-state index contributed by atoms with van der Waals surface area (Å²) in [5.74, 6) is 1.43. The number of imidazole rings is 1. The van der Waals surface area contributed by atoms with Crippen molar-refractivity contribution in [1.29, 1.82) is 0 Å². The van der Waals surface area contributed by atoms with Crippen LogP contribution in [0, 0.1) is 0 Å². The third-order valence-electron chi connectivity index (χ3n) is 5.01. The number of furan rings is 1. The first kappa shape index (κ1) is 19.0. The molecule has 29 heavy (non-hydrogen) atoms. The Labute approximate surface area is 170 Å². The first-order valence-corrected chi connectivity index (χ1v) is 9.77. The van der Waals surface area contributed by atoms with Crippen LogP contribution in [0.5, 0.6) is 0 Å². The lowest BCUT2D eigenvalue weighted by Gasteiger charge is -2.19. The molecule has 4 aromatic rings. The van der Waals surface area contributed by atoms with Gasteiger partial charge in [-0.15, -0.1) is 0 Å². The van der Waals surface area contributed by atoms with Crippen LogP contribution in [-0.4, -0.2) is 15.5 Å². The second kappa shape index (κ2) is 7.59. The van der Waals surface area contributed by atoms with Gasteiger partial charge in [-0.2, -0.15) is 0 Å². The molecule has 148 valence electrons. The van der Waals surface area contributed by atoms with E-state index in [2.05, 4.69) is 50.4 Å². The minimum absolute atomic E-state index is 0.0860. The topological polar surface area (TPSA) is 60.1 Å². The largest absolute Gasteiger partial charge is 0.467 e. The van der Waals surface area contributed by atoms with Crippen LogP contribution >= 0.6 is 0 Å². The molecule has 4 rings (SSSR count). The SMILES string of the molecule is CC(C)(C)c1ccc(-c2nc3ccccc3n2CC(=O)NCc2ccco2)cc1. The van der Waals surface area contributed by atoms with Gasteiger partial charge in [0.25, 0.3) is 0 Å². The third-order valence-corrected chi connectivity index (χ3v) is 5.01. The standard InChI is InChI=1S/C24H25N3O2/c1-24(2,3)18-12-10-17(11-13-18)23-26-20-8-4-5-9-21(20)27(23)16-22(28)25-15-19-7-6-14-29-19/h4-14H,15-16H2,1-3H3,(H,25,28). The smallest absolute Gasteiger partial charge is 0.240 e. The summed E-state index contributed by atoms with van der Waals surface area (Å²) in [5.41, 5.74) is 4.16. The van der Waals surface area contributed by atoms with Gasteiger partial charge in [-0.25, -0.2) is 4.98 Å². The zero-order valence-corrected chi connectivity index (χ0v) is 17.0. The lowest BCUT2D eigenvalue weighted by atomic mass is 9.87. The van der Waals surface area contributed by atoms with Gasteiger partial charge < -0.3 is 14.3 Å². The summed E-state index contributed by atoms with van der Waals surface area (Å²) in [6, 6.07) is 20.0. The molecule has 1 amide bonds. The van der Waals surface area contributed by atoms with E-state index in [1.54, 1.807) is 6.26 Å². The maximum atomic E-state index is 12.6. The molecule has 0 aliphatic heterocycles. The highest BCUT2D eigenvalue weighted by atomic mass is 16.3. The van der Waals surface area contributed by atoms with Gasteiger partial charge in [0, 0.05) is 5.56 Å². The van der Waals surface area contributed by atoms with Crippen LogP contribution in [-0.2, 0) is 23.3 Å². The number of carbonyl (C=O) groups excluding carboxylic acids is 1. The molecule has 0 unspecified atom stereocenters. The molecule has 0 atom stereocenters. The number of fused-ring (bicyclic) bond motifs is 1. The van der Waals surface area contributed by atoms with Crippen molar-refractivity contribution >= 4 is 16.9 Å². The van der Waals surface area contributed by atoms with Crippen molar-refractivity contribution in [3.05, 3.63) is 78.3 Å². The van der Waals surface area contributed by atoms with E-state index in [0.29, 0.717) is 6.54 Å². The first-order chi connectivity index (χ1) is 13.9. The number of rotatable bonds is 5. The number of nitrogens with one attached hydrogen (secondary N) is 1. The monoisotopic (exact) mass is 387 g/mol. The zero-order valence-electron chi connectivity index (χ0n) is 17.0. The van der Waals surface area contributed by atoms with Crippen LogP contribution in [0.2, 0.25) is 0 Å². The molecule has 5 heteroatoms. The average Bonchev–Trinajstić information content (AvgIpc) is 3.34. The molecule has 0 aliphatic rings. The Morgan fingerprint density at radius 2 is 1.79 bits per heavy atom. The Morgan fingerprint density at radius 1 is 1.03 bits per heavy atom. The number of carbonyl (C=O) groups is 1.